The number of hydrogen-bond donors (Lipinski definition) is 1. The smallest absolute Gasteiger partial charge is 0.383 e. The third-order valence-corrected chi connectivity index (χ3v) is 2.59. The van der Waals surface area contributed by atoms with E-state index in [4.69, 9.17) is 17.3 Å². The number of halogens is 4. The Labute approximate surface area is 106 Å². The number of nitrogens with two attached hydrogens (primary N) is 1. The van der Waals surface area contributed by atoms with E-state index < -0.39 is 11.7 Å². The van der Waals surface area contributed by atoms with Crippen molar-refractivity contribution in [2.24, 2.45) is 0 Å². The van der Waals surface area contributed by atoms with Gasteiger partial charge >= 0.3 is 6.18 Å². The lowest BCUT2D eigenvalue weighted by Gasteiger charge is -2.10. The Hall–Kier alpha value is -1.75. The van der Waals surface area contributed by atoms with Crippen molar-refractivity contribution >= 4 is 17.4 Å². The molecule has 1 aromatic heterocycles. The summed E-state index contributed by atoms with van der Waals surface area (Å²) in [5, 5.41) is 0.316. The van der Waals surface area contributed by atoms with Gasteiger partial charge in [0.05, 0.1) is 10.6 Å². The zero-order valence-corrected chi connectivity index (χ0v) is 9.76. The van der Waals surface area contributed by atoms with Gasteiger partial charge in [-0.3, -0.25) is 0 Å². The van der Waals surface area contributed by atoms with Gasteiger partial charge in [-0.05, 0) is 23.8 Å². The molecule has 0 aliphatic carbocycles. The fourth-order valence-electron chi connectivity index (χ4n) is 1.54. The summed E-state index contributed by atoms with van der Waals surface area (Å²) in [6, 6.07) is 6.35. The van der Waals surface area contributed by atoms with Crippen molar-refractivity contribution in [1.82, 2.24) is 4.98 Å². The summed E-state index contributed by atoms with van der Waals surface area (Å²) < 4.78 is 37.8. The molecule has 2 N–H and O–H groups in total. The Balaban J connectivity index is 2.55. The minimum Gasteiger partial charge on any atom is -0.383 e. The Morgan fingerprint density at radius 3 is 2.56 bits per heavy atom. The van der Waals surface area contributed by atoms with Crippen LogP contribution in [-0.4, -0.2) is 4.98 Å². The van der Waals surface area contributed by atoms with Crippen LogP contribution in [0.15, 0.2) is 36.5 Å². The molecule has 0 atom stereocenters. The zero-order valence-electron chi connectivity index (χ0n) is 9.00. The number of hydrogen-bond acceptors (Lipinski definition) is 2. The van der Waals surface area contributed by atoms with Gasteiger partial charge in [0.25, 0.3) is 0 Å². The highest BCUT2D eigenvalue weighted by Gasteiger charge is 2.30. The average Bonchev–Trinajstić information content (AvgIpc) is 2.31. The number of aromatic nitrogens is 1. The summed E-state index contributed by atoms with van der Waals surface area (Å²) in [5.74, 6) is 0.138. The fraction of sp³-hybridized carbons (Fsp3) is 0.0833. The number of rotatable bonds is 1. The normalized spacial score (nSPS) is 11.6. The summed E-state index contributed by atoms with van der Waals surface area (Å²) in [7, 11) is 0. The number of anilines is 1. The first-order chi connectivity index (χ1) is 8.38. The molecule has 94 valence electrons. The van der Waals surface area contributed by atoms with Crippen molar-refractivity contribution in [3.05, 3.63) is 47.1 Å². The molecule has 1 aromatic carbocycles. The maximum Gasteiger partial charge on any atom is 0.416 e. The molecule has 0 fully saturated rings. The van der Waals surface area contributed by atoms with Crippen LogP contribution >= 0.6 is 11.6 Å². The molecule has 18 heavy (non-hydrogen) atoms. The number of nitrogens with zero attached hydrogens (tertiary/aromatic N) is 1. The molecule has 0 aliphatic rings. The second kappa shape index (κ2) is 4.49. The van der Waals surface area contributed by atoms with Gasteiger partial charge < -0.3 is 5.73 Å². The van der Waals surface area contributed by atoms with Crippen molar-refractivity contribution in [3.63, 3.8) is 0 Å². The lowest BCUT2D eigenvalue weighted by molar-refractivity contribution is -0.137. The van der Waals surface area contributed by atoms with E-state index in [1.807, 2.05) is 0 Å². The maximum absolute atomic E-state index is 12.6. The molecule has 0 amide bonds. The highest BCUT2D eigenvalue weighted by atomic mass is 35.5. The maximum atomic E-state index is 12.6. The predicted molar refractivity (Wildman–Crippen MR) is 64.1 cm³/mol. The molecule has 1 heterocycles. The van der Waals surface area contributed by atoms with Gasteiger partial charge in [0, 0.05) is 11.8 Å². The fourth-order valence-corrected chi connectivity index (χ4v) is 1.70. The van der Waals surface area contributed by atoms with Crippen LogP contribution in [0.5, 0.6) is 0 Å². The number of alkyl halides is 3. The summed E-state index contributed by atoms with van der Waals surface area (Å²) in [6.45, 7) is 0. The van der Waals surface area contributed by atoms with E-state index in [1.165, 1.54) is 24.4 Å². The minimum absolute atomic E-state index is 0.138. The molecular weight excluding hydrogens is 265 g/mol. The number of nitrogen functional groups attached to an aromatic ring is 1. The molecule has 0 unspecified atom stereocenters. The van der Waals surface area contributed by atoms with Crippen molar-refractivity contribution in [2.75, 3.05) is 5.73 Å². The summed E-state index contributed by atoms with van der Waals surface area (Å²) >= 11 is 5.76. The molecular formula is C12H8ClF3N2. The van der Waals surface area contributed by atoms with E-state index >= 15 is 0 Å². The van der Waals surface area contributed by atoms with E-state index in [9.17, 15) is 13.2 Å². The first-order valence-electron chi connectivity index (χ1n) is 4.96. The Morgan fingerprint density at radius 1 is 1.17 bits per heavy atom. The van der Waals surface area contributed by atoms with Gasteiger partial charge in [-0.2, -0.15) is 13.2 Å². The Bertz CT molecular complexity index is 582. The summed E-state index contributed by atoms with van der Waals surface area (Å²) in [6.07, 6.45) is -3.05. The van der Waals surface area contributed by atoms with Crippen LogP contribution in [0.25, 0.3) is 11.1 Å². The van der Waals surface area contributed by atoms with E-state index in [1.54, 1.807) is 0 Å². The van der Waals surface area contributed by atoms with Gasteiger partial charge in [-0.25, -0.2) is 4.98 Å². The molecule has 0 spiro atoms. The Morgan fingerprint density at radius 2 is 1.89 bits per heavy atom. The molecule has 0 bridgehead atoms. The first kappa shape index (κ1) is 12.7. The molecule has 0 radical (unpaired) electrons. The monoisotopic (exact) mass is 272 g/mol. The molecule has 2 rings (SSSR count). The quantitative estimate of drug-likeness (QED) is 0.852. The van der Waals surface area contributed by atoms with Crippen LogP contribution in [0, 0.1) is 0 Å². The molecule has 6 heteroatoms. The van der Waals surface area contributed by atoms with E-state index in [0.29, 0.717) is 16.1 Å². The van der Waals surface area contributed by atoms with Crippen molar-refractivity contribution < 1.29 is 13.2 Å². The molecule has 0 saturated heterocycles. The molecule has 2 nitrogen and oxygen atoms in total. The van der Waals surface area contributed by atoms with Crippen LogP contribution in [0.1, 0.15) is 5.56 Å². The Kier molecular flexibility index (Phi) is 3.17. The average molecular weight is 273 g/mol. The second-order valence-electron chi connectivity index (χ2n) is 3.66. The third-order valence-electron chi connectivity index (χ3n) is 2.39. The van der Waals surface area contributed by atoms with Gasteiger partial charge in [0.2, 0.25) is 0 Å². The highest BCUT2D eigenvalue weighted by Crippen LogP contribution is 2.33. The highest BCUT2D eigenvalue weighted by molar-refractivity contribution is 6.30. The molecule has 0 saturated carbocycles. The predicted octanol–water partition coefficient (Wildman–Crippen LogP) is 4.00. The SMILES string of the molecule is Nc1ncc(Cl)cc1-c1cccc(C(F)(F)F)c1. The zero-order chi connectivity index (χ0) is 13.3. The number of pyridine rings is 1. The number of benzene rings is 1. The summed E-state index contributed by atoms with van der Waals surface area (Å²) in [4.78, 5) is 3.81. The van der Waals surface area contributed by atoms with Crippen molar-refractivity contribution in [2.45, 2.75) is 6.18 Å². The molecule has 2 aromatic rings. The standard InChI is InChI=1S/C12H8ClF3N2/c13-9-5-10(11(17)18-6-9)7-2-1-3-8(4-7)12(14,15)16/h1-6H,(H2,17,18). The third kappa shape index (κ3) is 2.56. The van der Waals surface area contributed by atoms with Crippen LogP contribution < -0.4 is 5.73 Å². The summed E-state index contributed by atoms with van der Waals surface area (Å²) in [5.41, 5.74) is 5.61. The van der Waals surface area contributed by atoms with Gasteiger partial charge in [-0.1, -0.05) is 23.7 Å². The van der Waals surface area contributed by atoms with Crippen LogP contribution in [-0.2, 0) is 6.18 Å². The second-order valence-corrected chi connectivity index (χ2v) is 4.10. The van der Waals surface area contributed by atoms with E-state index in [0.717, 1.165) is 12.1 Å². The van der Waals surface area contributed by atoms with Crippen LogP contribution in [0.2, 0.25) is 5.02 Å². The van der Waals surface area contributed by atoms with Crippen molar-refractivity contribution in [1.29, 1.82) is 0 Å². The van der Waals surface area contributed by atoms with Crippen molar-refractivity contribution in [3.8, 4) is 11.1 Å². The van der Waals surface area contributed by atoms with E-state index in [-0.39, 0.29) is 5.82 Å². The lowest BCUT2D eigenvalue weighted by atomic mass is 10.0. The van der Waals surface area contributed by atoms with Crippen LogP contribution in [0.3, 0.4) is 0 Å². The topological polar surface area (TPSA) is 38.9 Å². The largest absolute Gasteiger partial charge is 0.416 e. The van der Waals surface area contributed by atoms with Gasteiger partial charge in [-0.15, -0.1) is 0 Å². The molecule has 0 aliphatic heterocycles. The van der Waals surface area contributed by atoms with Gasteiger partial charge in [0.1, 0.15) is 5.82 Å². The minimum atomic E-state index is -4.39. The lowest BCUT2D eigenvalue weighted by Crippen LogP contribution is -2.04. The first-order valence-corrected chi connectivity index (χ1v) is 5.34. The van der Waals surface area contributed by atoms with Crippen LogP contribution in [0.4, 0.5) is 19.0 Å². The van der Waals surface area contributed by atoms with Gasteiger partial charge in [0.15, 0.2) is 0 Å². The van der Waals surface area contributed by atoms with E-state index in [2.05, 4.69) is 4.98 Å².